The van der Waals surface area contributed by atoms with Crippen molar-refractivity contribution in [3.05, 3.63) is 35.4 Å². The molecule has 2 rings (SSSR count). The second kappa shape index (κ2) is 7.25. The number of β-amino-alcohol motifs (C(OH)–C–C–N with tert-alkyl or cyclic N) is 1. The molecule has 2 N–H and O–H groups in total. The van der Waals surface area contributed by atoms with Crippen LogP contribution in [0.1, 0.15) is 44.4 Å². The highest BCUT2D eigenvalue weighted by atomic mass is 16.3. The number of amides is 1. The Hall–Kier alpha value is -1.39. The molecule has 1 aliphatic rings. The van der Waals surface area contributed by atoms with Crippen molar-refractivity contribution >= 4 is 5.91 Å². The van der Waals surface area contributed by atoms with Crippen molar-refractivity contribution in [2.45, 2.75) is 52.3 Å². The Morgan fingerprint density at radius 2 is 2.05 bits per heavy atom. The van der Waals surface area contributed by atoms with E-state index in [4.69, 9.17) is 0 Å². The summed E-state index contributed by atoms with van der Waals surface area (Å²) in [5.41, 5.74) is 2.33. The molecule has 1 heterocycles. The lowest BCUT2D eigenvalue weighted by molar-refractivity contribution is -0.128. The number of aryl methyl sites for hydroxylation is 1. The van der Waals surface area contributed by atoms with Crippen LogP contribution in [-0.2, 0) is 4.79 Å². The first kappa shape index (κ1) is 17.0. The van der Waals surface area contributed by atoms with Crippen LogP contribution in [0.4, 0.5) is 0 Å². The maximum absolute atomic E-state index is 12.5. The van der Waals surface area contributed by atoms with Gasteiger partial charge in [-0.05, 0) is 50.8 Å². The van der Waals surface area contributed by atoms with Crippen LogP contribution >= 0.6 is 0 Å². The zero-order valence-electron chi connectivity index (χ0n) is 14.0. The summed E-state index contributed by atoms with van der Waals surface area (Å²) in [4.78, 5) is 14.6. The first-order valence-electron chi connectivity index (χ1n) is 8.18. The summed E-state index contributed by atoms with van der Waals surface area (Å²) < 4.78 is 0. The minimum atomic E-state index is -0.335. The standard InChI is InChI=1S/C18H28N2O2/c1-12-7-5-6-8-16(12)14(3)19-18(22)15(4)20-10-9-13(2)17(21)11-20/h5-8,13-15,17,21H,9-11H2,1-4H3,(H,19,22). The number of piperidine rings is 1. The maximum Gasteiger partial charge on any atom is 0.237 e. The summed E-state index contributed by atoms with van der Waals surface area (Å²) in [5, 5.41) is 13.1. The minimum Gasteiger partial charge on any atom is -0.392 e. The molecule has 0 saturated carbocycles. The van der Waals surface area contributed by atoms with Gasteiger partial charge in [-0.25, -0.2) is 0 Å². The maximum atomic E-state index is 12.5. The van der Waals surface area contributed by atoms with Gasteiger partial charge in [0.1, 0.15) is 0 Å². The van der Waals surface area contributed by atoms with Gasteiger partial charge >= 0.3 is 0 Å². The fraction of sp³-hybridized carbons (Fsp3) is 0.611. The molecule has 0 spiro atoms. The van der Waals surface area contributed by atoms with E-state index in [-0.39, 0.29) is 24.1 Å². The van der Waals surface area contributed by atoms with E-state index < -0.39 is 0 Å². The Balaban J connectivity index is 1.95. The van der Waals surface area contributed by atoms with Crippen LogP contribution in [0.2, 0.25) is 0 Å². The zero-order chi connectivity index (χ0) is 16.3. The second-order valence-corrected chi connectivity index (χ2v) is 6.59. The smallest absolute Gasteiger partial charge is 0.237 e. The molecule has 0 radical (unpaired) electrons. The molecule has 1 aromatic rings. The van der Waals surface area contributed by atoms with Gasteiger partial charge < -0.3 is 10.4 Å². The number of likely N-dealkylation sites (tertiary alicyclic amines) is 1. The van der Waals surface area contributed by atoms with E-state index in [1.807, 2.05) is 26.0 Å². The molecule has 4 unspecified atom stereocenters. The van der Waals surface area contributed by atoms with Crippen molar-refractivity contribution in [2.24, 2.45) is 5.92 Å². The Kier molecular flexibility index (Phi) is 5.59. The summed E-state index contributed by atoms with van der Waals surface area (Å²) in [5.74, 6) is 0.343. The molecule has 4 nitrogen and oxygen atoms in total. The van der Waals surface area contributed by atoms with Gasteiger partial charge in [-0.3, -0.25) is 9.69 Å². The quantitative estimate of drug-likeness (QED) is 0.897. The van der Waals surface area contributed by atoms with Crippen molar-refractivity contribution in [1.29, 1.82) is 0 Å². The van der Waals surface area contributed by atoms with Crippen LogP contribution in [0.3, 0.4) is 0 Å². The largest absolute Gasteiger partial charge is 0.392 e. The molecule has 0 aliphatic carbocycles. The Bertz CT molecular complexity index is 518. The number of aliphatic hydroxyl groups is 1. The van der Waals surface area contributed by atoms with E-state index in [9.17, 15) is 9.90 Å². The number of benzene rings is 1. The number of carbonyl (C=O) groups is 1. The van der Waals surface area contributed by atoms with E-state index in [1.54, 1.807) is 0 Å². The molecule has 1 aliphatic heterocycles. The first-order valence-corrected chi connectivity index (χ1v) is 8.18. The number of hydrogen-bond acceptors (Lipinski definition) is 3. The van der Waals surface area contributed by atoms with Gasteiger partial charge in [0.05, 0.1) is 18.2 Å². The second-order valence-electron chi connectivity index (χ2n) is 6.59. The molecule has 22 heavy (non-hydrogen) atoms. The van der Waals surface area contributed by atoms with E-state index in [2.05, 4.69) is 36.2 Å². The fourth-order valence-electron chi connectivity index (χ4n) is 3.08. The van der Waals surface area contributed by atoms with Gasteiger partial charge in [0, 0.05) is 6.54 Å². The Labute approximate surface area is 133 Å². The van der Waals surface area contributed by atoms with E-state index >= 15 is 0 Å². The Morgan fingerprint density at radius 3 is 2.68 bits per heavy atom. The molecule has 1 fully saturated rings. The summed E-state index contributed by atoms with van der Waals surface area (Å²) in [7, 11) is 0. The molecule has 122 valence electrons. The van der Waals surface area contributed by atoms with Gasteiger partial charge in [0.15, 0.2) is 0 Å². The van der Waals surface area contributed by atoms with Crippen LogP contribution in [0, 0.1) is 12.8 Å². The third-order valence-electron chi connectivity index (χ3n) is 4.89. The molecule has 4 heteroatoms. The molecule has 1 saturated heterocycles. The lowest BCUT2D eigenvalue weighted by atomic mass is 9.95. The molecular formula is C18H28N2O2. The number of aliphatic hydroxyl groups excluding tert-OH is 1. The number of nitrogens with one attached hydrogen (secondary N) is 1. The number of carbonyl (C=O) groups excluding carboxylic acids is 1. The Morgan fingerprint density at radius 1 is 1.36 bits per heavy atom. The lowest BCUT2D eigenvalue weighted by Gasteiger charge is -2.37. The highest BCUT2D eigenvalue weighted by Crippen LogP contribution is 2.20. The number of rotatable bonds is 4. The van der Waals surface area contributed by atoms with Crippen molar-refractivity contribution in [2.75, 3.05) is 13.1 Å². The SMILES string of the molecule is Cc1ccccc1C(C)NC(=O)C(C)N1CCC(C)C(O)C1. The number of nitrogens with zero attached hydrogens (tertiary/aromatic N) is 1. The van der Waals surface area contributed by atoms with Gasteiger partial charge in [0.2, 0.25) is 5.91 Å². The average molecular weight is 304 g/mol. The summed E-state index contributed by atoms with van der Waals surface area (Å²) in [6.07, 6.45) is 0.601. The molecule has 1 aromatic carbocycles. The van der Waals surface area contributed by atoms with Crippen molar-refractivity contribution in [3.63, 3.8) is 0 Å². The topological polar surface area (TPSA) is 52.6 Å². The van der Waals surface area contributed by atoms with Crippen LogP contribution < -0.4 is 5.32 Å². The van der Waals surface area contributed by atoms with Gasteiger partial charge in [-0.1, -0.05) is 31.2 Å². The normalized spacial score (nSPS) is 25.5. The van der Waals surface area contributed by atoms with Crippen LogP contribution in [0.25, 0.3) is 0 Å². The van der Waals surface area contributed by atoms with Gasteiger partial charge in [0.25, 0.3) is 0 Å². The monoisotopic (exact) mass is 304 g/mol. The highest BCUT2D eigenvalue weighted by Gasteiger charge is 2.30. The summed E-state index contributed by atoms with van der Waals surface area (Å²) >= 11 is 0. The fourth-order valence-corrected chi connectivity index (χ4v) is 3.08. The molecule has 0 bridgehead atoms. The van der Waals surface area contributed by atoms with Gasteiger partial charge in [-0.2, -0.15) is 0 Å². The number of hydrogen-bond donors (Lipinski definition) is 2. The van der Waals surface area contributed by atoms with E-state index in [1.165, 1.54) is 5.56 Å². The lowest BCUT2D eigenvalue weighted by Crippen LogP contribution is -2.52. The third kappa shape index (κ3) is 3.87. The molecule has 4 atom stereocenters. The van der Waals surface area contributed by atoms with Crippen LogP contribution in [0.5, 0.6) is 0 Å². The zero-order valence-corrected chi connectivity index (χ0v) is 14.0. The third-order valence-corrected chi connectivity index (χ3v) is 4.89. The van der Waals surface area contributed by atoms with E-state index in [0.717, 1.165) is 18.5 Å². The predicted octanol–water partition coefficient (Wildman–Crippen LogP) is 2.26. The van der Waals surface area contributed by atoms with Crippen molar-refractivity contribution < 1.29 is 9.90 Å². The first-order chi connectivity index (χ1) is 10.4. The molecule has 0 aromatic heterocycles. The summed E-state index contributed by atoms with van der Waals surface area (Å²) in [6.45, 7) is 9.50. The van der Waals surface area contributed by atoms with Gasteiger partial charge in [-0.15, -0.1) is 0 Å². The molecule has 1 amide bonds. The predicted molar refractivity (Wildman–Crippen MR) is 88.6 cm³/mol. The van der Waals surface area contributed by atoms with Crippen LogP contribution in [0.15, 0.2) is 24.3 Å². The minimum absolute atomic E-state index is 0.00946. The molecular weight excluding hydrogens is 276 g/mol. The average Bonchev–Trinajstić information content (AvgIpc) is 2.49. The van der Waals surface area contributed by atoms with Crippen molar-refractivity contribution in [3.8, 4) is 0 Å². The summed E-state index contributed by atoms with van der Waals surface area (Å²) in [6, 6.07) is 7.89. The highest BCUT2D eigenvalue weighted by molar-refractivity contribution is 5.81. The van der Waals surface area contributed by atoms with Crippen molar-refractivity contribution in [1.82, 2.24) is 10.2 Å². The van der Waals surface area contributed by atoms with E-state index in [0.29, 0.717) is 12.5 Å². The van der Waals surface area contributed by atoms with Crippen LogP contribution in [-0.4, -0.2) is 41.1 Å².